The standard InChI is InChI=1S/C16H16BrNO2S/c1-21-12-8-6-11(7-9-12)15(19)10-18-16(20)13-4-2-3-5-14(13)17/h2-9,15,19H,10H2,1H3,(H,18,20). The van der Waals surface area contributed by atoms with Crippen LogP contribution in [0.5, 0.6) is 0 Å². The Hall–Kier alpha value is -1.30. The number of aliphatic hydroxyl groups excluding tert-OH is 1. The molecule has 1 atom stereocenters. The first-order chi connectivity index (χ1) is 10.1. The van der Waals surface area contributed by atoms with Gasteiger partial charge >= 0.3 is 0 Å². The van der Waals surface area contributed by atoms with Crippen molar-refractivity contribution in [2.75, 3.05) is 12.8 Å². The first-order valence-electron chi connectivity index (χ1n) is 6.46. The Kier molecular flexibility index (Phi) is 5.85. The molecule has 0 radical (unpaired) electrons. The molecule has 0 spiro atoms. The van der Waals surface area contributed by atoms with Gasteiger partial charge in [0, 0.05) is 15.9 Å². The quantitative estimate of drug-likeness (QED) is 0.795. The van der Waals surface area contributed by atoms with Crippen molar-refractivity contribution in [3.63, 3.8) is 0 Å². The van der Waals surface area contributed by atoms with Crippen LogP contribution >= 0.6 is 27.7 Å². The van der Waals surface area contributed by atoms with Crippen LogP contribution in [0.4, 0.5) is 0 Å². The molecule has 0 aromatic heterocycles. The molecule has 0 saturated carbocycles. The SMILES string of the molecule is CSc1ccc(C(O)CNC(=O)c2ccccc2Br)cc1. The van der Waals surface area contributed by atoms with Gasteiger partial charge in [0.2, 0.25) is 0 Å². The number of hydrogen-bond donors (Lipinski definition) is 2. The van der Waals surface area contributed by atoms with Crippen molar-refractivity contribution < 1.29 is 9.90 Å². The van der Waals surface area contributed by atoms with Crippen molar-refractivity contribution in [3.05, 3.63) is 64.1 Å². The van der Waals surface area contributed by atoms with Gasteiger partial charge < -0.3 is 10.4 Å². The summed E-state index contributed by atoms with van der Waals surface area (Å²) in [5.74, 6) is -0.206. The summed E-state index contributed by atoms with van der Waals surface area (Å²) in [5, 5.41) is 12.9. The highest BCUT2D eigenvalue weighted by atomic mass is 79.9. The average molecular weight is 366 g/mol. The molecular formula is C16H16BrNO2S. The lowest BCUT2D eigenvalue weighted by atomic mass is 10.1. The smallest absolute Gasteiger partial charge is 0.252 e. The number of carbonyl (C=O) groups is 1. The summed E-state index contributed by atoms with van der Waals surface area (Å²) in [6, 6.07) is 14.9. The Bertz CT molecular complexity index is 616. The van der Waals surface area contributed by atoms with E-state index < -0.39 is 6.10 Å². The molecule has 3 nitrogen and oxygen atoms in total. The zero-order valence-electron chi connectivity index (χ0n) is 11.5. The minimum atomic E-state index is -0.715. The largest absolute Gasteiger partial charge is 0.387 e. The highest BCUT2D eigenvalue weighted by Gasteiger charge is 2.12. The molecule has 2 aromatic carbocycles. The van der Waals surface area contributed by atoms with Gasteiger partial charge in [-0.25, -0.2) is 0 Å². The third-order valence-electron chi connectivity index (χ3n) is 3.08. The summed E-state index contributed by atoms with van der Waals surface area (Å²) in [5.41, 5.74) is 1.35. The lowest BCUT2D eigenvalue weighted by Crippen LogP contribution is -2.28. The number of nitrogens with one attached hydrogen (secondary N) is 1. The van der Waals surface area contributed by atoms with Crippen LogP contribution in [0.2, 0.25) is 0 Å². The highest BCUT2D eigenvalue weighted by molar-refractivity contribution is 9.10. The van der Waals surface area contributed by atoms with Crippen LogP contribution in [0, 0.1) is 0 Å². The number of rotatable bonds is 5. The molecule has 0 fully saturated rings. The van der Waals surface area contributed by atoms with Crippen LogP contribution in [0.25, 0.3) is 0 Å². The number of carbonyl (C=O) groups excluding carboxylic acids is 1. The molecular weight excluding hydrogens is 350 g/mol. The van der Waals surface area contributed by atoms with Gasteiger partial charge in [-0.2, -0.15) is 0 Å². The molecule has 110 valence electrons. The van der Waals surface area contributed by atoms with E-state index in [4.69, 9.17) is 0 Å². The summed E-state index contributed by atoms with van der Waals surface area (Å²) in [7, 11) is 0. The average Bonchev–Trinajstić information content (AvgIpc) is 2.52. The fourth-order valence-electron chi connectivity index (χ4n) is 1.87. The fraction of sp³-hybridized carbons (Fsp3) is 0.188. The van der Waals surface area contributed by atoms with E-state index in [1.807, 2.05) is 42.7 Å². The van der Waals surface area contributed by atoms with Gasteiger partial charge in [0.05, 0.1) is 11.7 Å². The third-order valence-corrected chi connectivity index (χ3v) is 4.51. The number of halogens is 1. The van der Waals surface area contributed by atoms with Gasteiger partial charge in [-0.15, -0.1) is 11.8 Å². The molecule has 0 aliphatic heterocycles. The van der Waals surface area contributed by atoms with E-state index in [9.17, 15) is 9.90 Å². The van der Waals surface area contributed by atoms with Crippen LogP contribution in [0.1, 0.15) is 22.0 Å². The van der Waals surface area contributed by atoms with Crippen LogP contribution in [-0.2, 0) is 0 Å². The van der Waals surface area contributed by atoms with E-state index in [0.29, 0.717) is 5.56 Å². The van der Waals surface area contributed by atoms with Crippen LogP contribution in [0.15, 0.2) is 57.9 Å². The monoisotopic (exact) mass is 365 g/mol. The molecule has 2 aromatic rings. The van der Waals surface area contributed by atoms with Gasteiger partial charge in [0.25, 0.3) is 5.91 Å². The molecule has 5 heteroatoms. The molecule has 1 amide bonds. The van der Waals surface area contributed by atoms with E-state index >= 15 is 0 Å². The van der Waals surface area contributed by atoms with Crippen LogP contribution in [-0.4, -0.2) is 23.8 Å². The second kappa shape index (κ2) is 7.64. The third kappa shape index (κ3) is 4.33. The second-order valence-corrected chi connectivity index (χ2v) is 6.21. The summed E-state index contributed by atoms with van der Waals surface area (Å²) in [4.78, 5) is 13.2. The van der Waals surface area contributed by atoms with Gasteiger partial charge in [-0.1, -0.05) is 24.3 Å². The molecule has 0 saturated heterocycles. The van der Waals surface area contributed by atoms with E-state index in [0.717, 1.165) is 14.9 Å². The van der Waals surface area contributed by atoms with Crippen molar-refractivity contribution in [2.45, 2.75) is 11.0 Å². The van der Waals surface area contributed by atoms with Crippen molar-refractivity contribution in [1.82, 2.24) is 5.32 Å². The van der Waals surface area contributed by atoms with E-state index in [1.54, 1.807) is 23.9 Å². The van der Waals surface area contributed by atoms with Crippen LogP contribution < -0.4 is 5.32 Å². The Balaban J connectivity index is 1.95. The molecule has 2 rings (SSSR count). The Labute approximate surface area is 136 Å². The maximum absolute atomic E-state index is 12.0. The lowest BCUT2D eigenvalue weighted by molar-refractivity contribution is 0.0915. The molecule has 0 aliphatic carbocycles. The molecule has 1 unspecified atom stereocenters. The van der Waals surface area contributed by atoms with Gasteiger partial charge in [-0.05, 0) is 52.0 Å². The molecule has 0 bridgehead atoms. The highest BCUT2D eigenvalue weighted by Crippen LogP contribution is 2.19. The van der Waals surface area contributed by atoms with E-state index in [2.05, 4.69) is 21.2 Å². The van der Waals surface area contributed by atoms with Crippen molar-refractivity contribution in [2.24, 2.45) is 0 Å². The van der Waals surface area contributed by atoms with Crippen molar-refractivity contribution in [3.8, 4) is 0 Å². The van der Waals surface area contributed by atoms with E-state index in [-0.39, 0.29) is 12.5 Å². The number of benzene rings is 2. The predicted octanol–water partition coefficient (Wildman–Crippen LogP) is 3.63. The molecule has 0 heterocycles. The van der Waals surface area contributed by atoms with Gasteiger partial charge in [-0.3, -0.25) is 4.79 Å². The maximum Gasteiger partial charge on any atom is 0.252 e. The fourth-order valence-corrected chi connectivity index (χ4v) is 2.75. The number of hydrogen-bond acceptors (Lipinski definition) is 3. The molecule has 2 N–H and O–H groups in total. The summed E-state index contributed by atoms with van der Waals surface area (Å²) >= 11 is 4.99. The predicted molar refractivity (Wildman–Crippen MR) is 89.7 cm³/mol. The first-order valence-corrected chi connectivity index (χ1v) is 8.48. The molecule has 0 aliphatic rings. The van der Waals surface area contributed by atoms with E-state index in [1.165, 1.54) is 0 Å². The zero-order valence-corrected chi connectivity index (χ0v) is 13.9. The van der Waals surface area contributed by atoms with Crippen molar-refractivity contribution >= 4 is 33.6 Å². The second-order valence-electron chi connectivity index (χ2n) is 4.48. The number of aliphatic hydroxyl groups is 1. The number of thioether (sulfide) groups is 1. The summed E-state index contributed by atoms with van der Waals surface area (Å²) < 4.78 is 0.737. The lowest BCUT2D eigenvalue weighted by Gasteiger charge is -2.13. The van der Waals surface area contributed by atoms with Crippen LogP contribution in [0.3, 0.4) is 0 Å². The Morgan fingerprint density at radius 2 is 1.90 bits per heavy atom. The van der Waals surface area contributed by atoms with Crippen molar-refractivity contribution in [1.29, 1.82) is 0 Å². The maximum atomic E-state index is 12.0. The Morgan fingerprint density at radius 1 is 1.24 bits per heavy atom. The Morgan fingerprint density at radius 3 is 2.52 bits per heavy atom. The normalized spacial score (nSPS) is 12.0. The zero-order chi connectivity index (χ0) is 15.2. The summed E-state index contributed by atoms with van der Waals surface area (Å²) in [6.07, 6.45) is 1.29. The minimum absolute atomic E-state index is 0.179. The summed E-state index contributed by atoms with van der Waals surface area (Å²) in [6.45, 7) is 0.179. The van der Waals surface area contributed by atoms with Gasteiger partial charge in [0.15, 0.2) is 0 Å². The van der Waals surface area contributed by atoms with Gasteiger partial charge in [0.1, 0.15) is 0 Å². The topological polar surface area (TPSA) is 49.3 Å². The first kappa shape index (κ1) is 16.1. The number of amides is 1. The minimum Gasteiger partial charge on any atom is -0.387 e. The molecule has 21 heavy (non-hydrogen) atoms.